The molecule has 0 radical (unpaired) electrons. The van der Waals surface area contributed by atoms with Gasteiger partial charge in [0.25, 0.3) is 0 Å². The maximum atomic E-state index is 4.43. The Morgan fingerprint density at radius 2 is 2.17 bits per heavy atom. The third-order valence-corrected chi connectivity index (χ3v) is 4.01. The molecule has 4 heteroatoms. The molecular weight excluding hydrogens is 224 g/mol. The lowest BCUT2D eigenvalue weighted by Gasteiger charge is -2.43. The fourth-order valence-electron chi connectivity index (χ4n) is 2.45. The van der Waals surface area contributed by atoms with Crippen molar-refractivity contribution in [2.24, 2.45) is 12.5 Å². The van der Waals surface area contributed by atoms with E-state index in [0.29, 0.717) is 17.5 Å². The molecule has 0 saturated carbocycles. The lowest BCUT2D eigenvalue weighted by Crippen LogP contribution is -2.59. The zero-order valence-electron chi connectivity index (χ0n) is 12.3. The highest BCUT2D eigenvalue weighted by Crippen LogP contribution is 2.24. The first kappa shape index (κ1) is 13.6. The Bertz CT molecular complexity index is 391. The number of nitrogens with one attached hydrogen (secondary N) is 1. The van der Waals surface area contributed by atoms with Crippen LogP contribution in [0.5, 0.6) is 0 Å². The van der Waals surface area contributed by atoms with E-state index < -0.39 is 0 Å². The van der Waals surface area contributed by atoms with Gasteiger partial charge in [-0.1, -0.05) is 20.8 Å². The molecule has 4 nitrogen and oxygen atoms in total. The van der Waals surface area contributed by atoms with Crippen LogP contribution < -0.4 is 5.32 Å². The molecule has 1 saturated heterocycles. The SMILES string of the molecule is CC1CNC(C(C)(C)C)CN1Cc1nccn1C. The van der Waals surface area contributed by atoms with E-state index in [9.17, 15) is 0 Å². The van der Waals surface area contributed by atoms with Gasteiger partial charge in [0.15, 0.2) is 0 Å². The standard InChI is InChI=1S/C14H26N4/c1-11-8-16-12(14(2,3)4)9-18(11)10-13-15-6-7-17(13)5/h6-7,11-12,16H,8-10H2,1-5H3. The monoisotopic (exact) mass is 250 g/mol. The lowest BCUT2D eigenvalue weighted by molar-refractivity contribution is 0.0849. The van der Waals surface area contributed by atoms with E-state index in [4.69, 9.17) is 0 Å². The number of rotatable bonds is 2. The maximum Gasteiger partial charge on any atom is 0.122 e. The molecule has 1 aromatic rings. The van der Waals surface area contributed by atoms with Crippen LogP contribution in [0.25, 0.3) is 0 Å². The van der Waals surface area contributed by atoms with E-state index in [1.54, 1.807) is 0 Å². The molecule has 2 atom stereocenters. The van der Waals surface area contributed by atoms with Gasteiger partial charge in [-0.3, -0.25) is 4.90 Å². The summed E-state index contributed by atoms with van der Waals surface area (Å²) >= 11 is 0. The van der Waals surface area contributed by atoms with Crippen LogP contribution in [0, 0.1) is 5.41 Å². The Balaban J connectivity index is 2.04. The topological polar surface area (TPSA) is 33.1 Å². The summed E-state index contributed by atoms with van der Waals surface area (Å²) in [5.41, 5.74) is 0.306. The number of hydrogen-bond donors (Lipinski definition) is 1. The van der Waals surface area contributed by atoms with E-state index in [1.807, 2.05) is 12.4 Å². The molecule has 0 aromatic carbocycles. The average Bonchev–Trinajstić information content (AvgIpc) is 2.66. The second-order valence-corrected chi connectivity index (χ2v) is 6.56. The van der Waals surface area contributed by atoms with E-state index in [0.717, 1.165) is 25.5 Å². The van der Waals surface area contributed by atoms with Crippen molar-refractivity contribution in [2.75, 3.05) is 13.1 Å². The summed E-state index contributed by atoms with van der Waals surface area (Å²) in [4.78, 5) is 6.97. The van der Waals surface area contributed by atoms with Crippen molar-refractivity contribution in [3.8, 4) is 0 Å². The molecule has 18 heavy (non-hydrogen) atoms. The van der Waals surface area contributed by atoms with Gasteiger partial charge in [0.2, 0.25) is 0 Å². The molecular formula is C14H26N4. The van der Waals surface area contributed by atoms with Crippen LogP contribution in [-0.2, 0) is 13.6 Å². The van der Waals surface area contributed by atoms with Crippen molar-refractivity contribution in [3.05, 3.63) is 18.2 Å². The molecule has 2 heterocycles. The van der Waals surface area contributed by atoms with Gasteiger partial charge in [-0.25, -0.2) is 4.98 Å². The predicted octanol–water partition coefficient (Wildman–Crippen LogP) is 1.63. The first-order valence-corrected chi connectivity index (χ1v) is 6.81. The smallest absolute Gasteiger partial charge is 0.122 e. The van der Waals surface area contributed by atoms with Gasteiger partial charge >= 0.3 is 0 Å². The van der Waals surface area contributed by atoms with Gasteiger partial charge in [0.05, 0.1) is 6.54 Å². The van der Waals surface area contributed by atoms with Gasteiger partial charge in [0.1, 0.15) is 5.82 Å². The average molecular weight is 250 g/mol. The molecule has 2 unspecified atom stereocenters. The van der Waals surface area contributed by atoms with Gasteiger partial charge in [-0.2, -0.15) is 0 Å². The van der Waals surface area contributed by atoms with Crippen molar-refractivity contribution in [2.45, 2.75) is 46.3 Å². The van der Waals surface area contributed by atoms with Crippen molar-refractivity contribution in [3.63, 3.8) is 0 Å². The fraction of sp³-hybridized carbons (Fsp3) is 0.786. The van der Waals surface area contributed by atoms with Crippen LogP contribution in [-0.4, -0.2) is 39.6 Å². The molecule has 1 aliphatic rings. The molecule has 1 aromatic heterocycles. The van der Waals surface area contributed by atoms with Crippen LogP contribution in [0.15, 0.2) is 12.4 Å². The molecule has 102 valence electrons. The minimum atomic E-state index is 0.306. The van der Waals surface area contributed by atoms with Gasteiger partial charge in [0, 0.05) is 44.6 Å². The minimum absolute atomic E-state index is 0.306. The largest absolute Gasteiger partial charge is 0.337 e. The summed E-state index contributed by atoms with van der Waals surface area (Å²) in [6.07, 6.45) is 3.90. The first-order chi connectivity index (χ1) is 8.38. The van der Waals surface area contributed by atoms with Gasteiger partial charge in [-0.05, 0) is 12.3 Å². The Kier molecular flexibility index (Phi) is 3.78. The number of hydrogen-bond acceptors (Lipinski definition) is 3. The number of aryl methyl sites for hydroxylation is 1. The molecule has 0 aliphatic carbocycles. The fourth-order valence-corrected chi connectivity index (χ4v) is 2.45. The third-order valence-electron chi connectivity index (χ3n) is 4.01. The summed E-state index contributed by atoms with van der Waals surface area (Å²) in [6, 6.07) is 1.12. The van der Waals surface area contributed by atoms with Crippen LogP contribution in [0.3, 0.4) is 0 Å². The normalized spacial score (nSPS) is 26.5. The summed E-state index contributed by atoms with van der Waals surface area (Å²) < 4.78 is 2.11. The number of piperazine rings is 1. The van der Waals surface area contributed by atoms with Gasteiger partial charge < -0.3 is 9.88 Å². The summed E-state index contributed by atoms with van der Waals surface area (Å²) in [7, 11) is 2.07. The highest BCUT2D eigenvalue weighted by Gasteiger charge is 2.32. The molecule has 0 amide bonds. The zero-order valence-corrected chi connectivity index (χ0v) is 12.3. The van der Waals surface area contributed by atoms with E-state index in [1.165, 1.54) is 0 Å². The molecule has 1 fully saturated rings. The van der Waals surface area contributed by atoms with Crippen molar-refractivity contribution in [1.29, 1.82) is 0 Å². The maximum absolute atomic E-state index is 4.43. The summed E-state index contributed by atoms with van der Waals surface area (Å²) in [5.74, 6) is 1.15. The molecule has 0 bridgehead atoms. The Morgan fingerprint density at radius 1 is 1.44 bits per heavy atom. The predicted molar refractivity (Wildman–Crippen MR) is 74.3 cm³/mol. The van der Waals surface area contributed by atoms with E-state index in [2.05, 4.69) is 54.5 Å². The summed E-state index contributed by atoms with van der Waals surface area (Å²) in [5, 5.41) is 3.66. The highest BCUT2D eigenvalue weighted by molar-refractivity contribution is 4.96. The second kappa shape index (κ2) is 5.02. The Morgan fingerprint density at radius 3 is 2.72 bits per heavy atom. The zero-order chi connectivity index (χ0) is 13.3. The molecule has 0 spiro atoms. The molecule has 1 aliphatic heterocycles. The van der Waals surface area contributed by atoms with Crippen LogP contribution in [0.1, 0.15) is 33.5 Å². The quantitative estimate of drug-likeness (QED) is 0.866. The number of aromatic nitrogens is 2. The van der Waals surface area contributed by atoms with Crippen LogP contribution >= 0.6 is 0 Å². The van der Waals surface area contributed by atoms with Crippen molar-refractivity contribution in [1.82, 2.24) is 19.8 Å². The van der Waals surface area contributed by atoms with Crippen LogP contribution in [0.2, 0.25) is 0 Å². The molecule has 1 N–H and O–H groups in total. The van der Waals surface area contributed by atoms with Crippen molar-refractivity contribution >= 4 is 0 Å². The van der Waals surface area contributed by atoms with Crippen molar-refractivity contribution < 1.29 is 0 Å². The Hall–Kier alpha value is -0.870. The summed E-state index contributed by atoms with van der Waals surface area (Å²) in [6.45, 7) is 12.3. The van der Waals surface area contributed by atoms with Gasteiger partial charge in [-0.15, -0.1) is 0 Å². The number of imidazole rings is 1. The van der Waals surface area contributed by atoms with E-state index in [-0.39, 0.29) is 0 Å². The Labute approximate surface area is 110 Å². The second-order valence-electron chi connectivity index (χ2n) is 6.56. The first-order valence-electron chi connectivity index (χ1n) is 6.81. The lowest BCUT2D eigenvalue weighted by atomic mass is 9.85. The third kappa shape index (κ3) is 2.93. The van der Waals surface area contributed by atoms with Crippen LogP contribution in [0.4, 0.5) is 0 Å². The molecule has 2 rings (SSSR count). The minimum Gasteiger partial charge on any atom is -0.337 e. The number of nitrogens with zero attached hydrogens (tertiary/aromatic N) is 3. The van der Waals surface area contributed by atoms with E-state index >= 15 is 0 Å². The highest BCUT2D eigenvalue weighted by atomic mass is 15.3.